The smallest absolute Gasteiger partial charge is 0.254 e. The summed E-state index contributed by atoms with van der Waals surface area (Å²) in [4.78, 5) is 30.1. The second-order valence-corrected chi connectivity index (χ2v) is 10.6. The number of nitrogens with zero attached hydrogens (tertiary/aromatic N) is 6. The highest BCUT2D eigenvalue weighted by molar-refractivity contribution is 6.10. The molecule has 0 aliphatic rings. The van der Waals surface area contributed by atoms with E-state index in [-0.39, 0.29) is 18.2 Å². The highest BCUT2D eigenvalue weighted by Crippen LogP contribution is 2.23. The fraction of sp³-hybridized carbons (Fsp3) is 0.452. The Bertz CT molecular complexity index is 1450. The van der Waals surface area contributed by atoms with Crippen molar-refractivity contribution in [2.75, 3.05) is 13.1 Å². The lowest BCUT2D eigenvalue weighted by Crippen LogP contribution is -2.34. The SMILES string of the molecule is CCN[C@@H](CCc1ccc(C(=O)c2c(CC)cc3cc(C(=O)N(CC)Cc4nnn(C)n4)ccn23)cc1)C(C)C. The number of benzene rings is 1. The first-order valence-corrected chi connectivity index (χ1v) is 14.3. The molecule has 0 unspecified atom stereocenters. The van der Waals surface area contributed by atoms with Gasteiger partial charge in [-0.15, -0.1) is 10.2 Å². The van der Waals surface area contributed by atoms with Gasteiger partial charge in [-0.25, -0.2) is 0 Å². The first kappa shape index (κ1) is 29.1. The molecule has 0 aliphatic heterocycles. The summed E-state index contributed by atoms with van der Waals surface area (Å²) in [6.07, 6.45) is 4.57. The number of hydrogen-bond acceptors (Lipinski definition) is 6. The van der Waals surface area contributed by atoms with Crippen LogP contribution in [0, 0.1) is 5.92 Å². The zero-order chi connectivity index (χ0) is 28.8. The molecule has 0 aliphatic carbocycles. The van der Waals surface area contributed by atoms with Crippen LogP contribution >= 0.6 is 0 Å². The standard InChI is InChI=1S/C31H41N7O2/c1-7-23-18-26-19-25(31(40)37(9-3)20-28-33-35-36(6)34-28)16-17-38(26)29(23)30(39)24-13-10-22(11-14-24)12-15-27(21(4)5)32-8-2/h10-11,13-14,16-19,21,27,32H,7-9,12,15,20H2,1-6H3/t27-/m0/s1. The van der Waals surface area contributed by atoms with E-state index in [0.717, 1.165) is 30.5 Å². The highest BCUT2D eigenvalue weighted by Gasteiger charge is 2.22. The molecule has 9 nitrogen and oxygen atoms in total. The fourth-order valence-electron chi connectivity index (χ4n) is 5.17. The van der Waals surface area contributed by atoms with Crippen LogP contribution in [-0.2, 0) is 26.4 Å². The number of rotatable bonds is 13. The summed E-state index contributed by atoms with van der Waals surface area (Å²) in [7, 11) is 1.70. The number of tetrazole rings is 1. The van der Waals surface area contributed by atoms with E-state index in [0.29, 0.717) is 47.6 Å². The predicted octanol–water partition coefficient (Wildman–Crippen LogP) is 4.49. The maximum Gasteiger partial charge on any atom is 0.254 e. The molecule has 4 rings (SSSR count). The number of aryl methyl sites for hydroxylation is 3. The van der Waals surface area contributed by atoms with Gasteiger partial charge in [0.05, 0.1) is 19.3 Å². The summed E-state index contributed by atoms with van der Waals surface area (Å²) in [6, 6.07) is 14.1. The third kappa shape index (κ3) is 6.47. The normalized spacial score (nSPS) is 12.3. The zero-order valence-electron chi connectivity index (χ0n) is 24.5. The first-order valence-electron chi connectivity index (χ1n) is 14.3. The number of aromatic nitrogens is 5. The van der Waals surface area contributed by atoms with E-state index in [9.17, 15) is 9.59 Å². The van der Waals surface area contributed by atoms with Gasteiger partial charge in [-0.2, -0.15) is 4.80 Å². The van der Waals surface area contributed by atoms with Crippen molar-refractivity contribution in [3.63, 3.8) is 0 Å². The average Bonchev–Trinajstić information content (AvgIpc) is 3.55. The lowest BCUT2D eigenvalue weighted by Gasteiger charge is -2.21. The molecule has 1 atom stereocenters. The Hall–Kier alpha value is -3.85. The van der Waals surface area contributed by atoms with Gasteiger partial charge in [0.1, 0.15) is 0 Å². The van der Waals surface area contributed by atoms with Crippen molar-refractivity contribution in [2.24, 2.45) is 13.0 Å². The molecule has 0 radical (unpaired) electrons. The molecule has 1 N–H and O–H groups in total. The minimum Gasteiger partial charge on any atom is -0.331 e. The van der Waals surface area contributed by atoms with Gasteiger partial charge in [0.2, 0.25) is 5.78 Å². The number of amides is 1. The van der Waals surface area contributed by atoms with Crippen LogP contribution in [0.4, 0.5) is 0 Å². The lowest BCUT2D eigenvalue weighted by molar-refractivity contribution is 0.0748. The summed E-state index contributed by atoms with van der Waals surface area (Å²) in [5.41, 5.74) is 4.88. The molecule has 0 spiro atoms. The van der Waals surface area contributed by atoms with Crippen molar-refractivity contribution in [3.05, 3.63) is 82.4 Å². The van der Waals surface area contributed by atoms with E-state index in [4.69, 9.17) is 0 Å². The Labute approximate surface area is 236 Å². The molecule has 9 heteroatoms. The maximum absolute atomic E-state index is 13.7. The lowest BCUT2D eigenvalue weighted by atomic mass is 9.95. The van der Waals surface area contributed by atoms with Crippen molar-refractivity contribution in [2.45, 2.75) is 66.5 Å². The molecule has 1 aromatic carbocycles. The van der Waals surface area contributed by atoms with Crippen LogP contribution in [0.15, 0.2) is 48.7 Å². The van der Waals surface area contributed by atoms with Gasteiger partial charge in [-0.1, -0.05) is 52.0 Å². The summed E-state index contributed by atoms with van der Waals surface area (Å²) in [6.45, 7) is 12.4. The molecule has 4 aromatic rings. The van der Waals surface area contributed by atoms with Gasteiger partial charge in [0, 0.05) is 35.4 Å². The Morgan fingerprint density at radius 1 is 1.02 bits per heavy atom. The average molecular weight is 544 g/mol. The molecule has 3 aromatic heterocycles. The summed E-state index contributed by atoms with van der Waals surface area (Å²) >= 11 is 0. The van der Waals surface area contributed by atoms with Crippen LogP contribution < -0.4 is 5.32 Å². The van der Waals surface area contributed by atoms with E-state index >= 15 is 0 Å². The van der Waals surface area contributed by atoms with Gasteiger partial charge in [-0.3, -0.25) is 9.59 Å². The Kier molecular flexibility index (Phi) is 9.47. The van der Waals surface area contributed by atoms with E-state index in [1.165, 1.54) is 10.4 Å². The molecule has 1 amide bonds. The third-order valence-corrected chi connectivity index (χ3v) is 7.48. The van der Waals surface area contributed by atoms with Crippen LogP contribution in [-0.4, -0.2) is 60.3 Å². The summed E-state index contributed by atoms with van der Waals surface area (Å²) in [5, 5.41) is 15.6. The van der Waals surface area contributed by atoms with Crippen molar-refractivity contribution in [1.82, 2.24) is 34.8 Å². The molecule has 40 heavy (non-hydrogen) atoms. The quantitative estimate of drug-likeness (QED) is 0.250. The minimum atomic E-state index is -0.117. The van der Waals surface area contributed by atoms with Crippen molar-refractivity contribution in [3.8, 4) is 0 Å². The van der Waals surface area contributed by atoms with E-state index in [2.05, 4.69) is 53.6 Å². The van der Waals surface area contributed by atoms with Crippen LogP contribution in [0.1, 0.15) is 84.4 Å². The number of carbonyl (C=O) groups excluding carboxylic acids is 2. The Balaban J connectivity index is 1.54. The molecule has 3 heterocycles. The molecule has 0 bridgehead atoms. The number of pyridine rings is 1. The van der Waals surface area contributed by atoms with Crippen LogP contribution in [0.25, 0.3) is 5.52 Å². The number of hydrogen-bond donors (Lipinski definition) is 1. The minimum absolute atomic E-state index is 0.0147. The molecule has 212 valence electrons. The Morgan fingerprint density at radius 2 is 1.77 bits per heavy atom. The number of nitrogens with one attached hydrogen (secondary N) is 1. The Morgan fingerprint density at radius 3 is 2.38 bits per heavy atom. The predicted molar refractivity (Wildman–Crippen MR) is 156 cm³/mol. The van der Waals surface area contributed by atoms with Crippen molar-refractivity contribution in [1.29, 1.82) is 0 Å². The molecule has 0 saturated carbocycles. The van der Waals surface area contributed by atoms with Gasteiger partial charge >= 0.3 is 0 Å². The maximum atomic E-state index is 13.7. The number of carbonyl (C=O) groups is 2. The molecular weight excluding hydrogens is 502 g/mol. The van der Waals surface area contributed by atoms with Crippen LogP contribution in [0.3, 0.4) is 0 Å². The second kappa shape index (κ2) is 13.0. The van der Waals surface area contributed by atoms with Crippen LogP contribution in [0.2, 0.25) is 0 Å². The van der Waals surface area contributed by atoms with Gasteiger partial charge in [-0.05, 0) is 73.2 Å². The highest BCUT2D eigenvalue weighted by atomic mass is 16.2. The van der Waals surface area contributed by atoms with E-state index in [1.54, 1.807) is 18.0 Å². The van der Waals surface area contributed by atoms with Crippen molar-refractivity contribution >= 4 is 17.2 Å². The zero-order valence-corrected chi connectivity index (χ0v) is 24.5. The topological polar surface area (TPSA) is 97.4 Å². The molecule has 0 fully saturated rings. The molecule has 0 saturated heterocycles. The van der Waals surface area contributed by atoms with E-state index < -0.39 is 0 Å². The van der Waals surface area contributed by atoms with E-state index in [1.807, 2.05) is 48.7 Å². The summed E-state index contributed by atoms with van der Waals surface area (Å²) < 4.78 is 1.90. The summed E-state index contributed by atoms with van der Waals surface area (Å²) in [5.74, 6) is 0.936. The van der Waals surface area contributed by atoms with Gasteiger partial charge in [0.25, 0.3) is 5.91 Å². The number of fused-ring (bicyclic) bond motifs is 1. The van der Waals surface area contributed by atoms with Crippen molar-refractivity contribution < 1.29 is 9.59 Å². The van der Waals surface area contributed by atoms with Crippen LogP contribution in [0.5, 0.6) is 0 Å². The largest absolute Gasteiger partial charge is 0.331 e. The van der Waals surface area contributed by atoms with Gasteiger partial charge in [0.15, 0.2) is 5.82 Å². The number of ketones is 1. The second-order valence-electron chi connectivity index (χ2n) is 10.6. The first-order chi connectivity index (χ1) is 19.2. The fourth-order valence-corrected chi connectivity index (χ4v) is 5.17. The monoisotopic (exact) mass is 543 g/mol. The van der Waals surface area contributed by atoms with Gasteiger partial charge < -0.3 is 14.6 Å². The molecular formula is C31H41N7O2. The third-order valence-electron chi connectivity index (χ3n) is 7.48.